The van der Waals surface area contributed by atoms with E-state index in [1.807, 2.05) is 19.1 Å². The number of nitrogens with zero attached hydrogens (tertiary/aromatic N) is 2. The lowest BCUT2D eigenvalue weighted by molar-refractivity contribution is -0.173. The molecule has 3 N–H and O–H groups in total. The summed E-state index contributed by atoms with van der Waals surface area (Å²) in [7, 11) is 0. The topological polar surface area (TPSA) is 72.9 Å². The Bertz CT molecular complexity index is 736. The Hall–Kier alpha value is -2.51. The monoisotopic (exact) mass is 324 g/mol. The summed E-state index contributed by atoms with van der Waals surface area (Å²) in [6.45, 7) is 1.91. The van der Waals surface area contributed by atoms with Crippen molar-refractivity contribution in [1.29, 1.82) is 0 Å². The number of hydrogen-bond donors (Lipinski definition) is 2. The molecule has 0 aliphatic carbocycles. The molecule has 2 unspecified atom stereocenters. The molecule has 1 aromatic heterocycles. The summed E-state index contributed by atoms with van der Waals surface area (Å²) in [6, 6.07) is 6.20. The van der Waals surface area contributed by atoms with E-state index in [0.29, 0.717) is 0 Å². The third-order valence-electron chi connectivity index (χ3n) is 3.92. The van der Waals surface area contributed by atoms with Crippen LogP contribution < -0.4 is 11.1 Å². The first-order chi connectivity index (χ1) is 10.8. The van der Waals surface area contributed by atoms with Gasteiger partial charge in [0.2, 0.25) is 0 Å². The molecule has 23 heavy (non-hydrogen) atoms. The van der Waals surface area contributed by atoms with Gasteiger partial charge in [0.05, 0.1) is 6.04 Å². The van der Waals surface area contributed by atoms with E-state index in [0.717, 1.165) is 15.8 Å². The molecule has 1 amide bonds. The maximum Gasteiger partial charge on any atom is 0.410 e. The molecule has 0 fully saturated rings. The largest absolute Gasteiger partial charge is 0.410 e. The highest BCUT2D eigenvalue weighted by Gasteiger charge is 2.46. The van der Waals surface area contributed by atoms with Crippen molar-refractivity contribution in [3.63, 3.8) is 0 Å². The van der Waals surface area contributed by atoms with Crippen LogP contribution in [-0.4, -0.2) is 21.9 Å². The fraction of sp³-hybridized carbons (Fsp3) is 0.333. The zero-order chi connectivity index (χ0) is 16.8. The predicted molar refractivity (Wildman–Crippen MR) is 78.0 cm³/mol. The minimum atomic E-state index is -4.47. The van der Waals surface area contributed by atoms with E-state index in [1.54, 1.807) is 12.1 Å². The van der Waals surface area contributed by atoms with E-state index in [4.69, 9.17) is 5.73 Å². The van der Waals surface area contributed by atoms with Crippen molar-refractivity contribution >= 4 is 11.7 Å². The van der Waals surface area contributed by atoms with Crippen LogP contribution >= 0.6 is 0 Å². The minimum absolute atomic E-state index is 0.137. The zero-order valence-electron chi connectivity index (χ0n) is 12.3. The number of fused-ring (bicyclic) bond motifs is 1. The van der Waals surface area contributed by atoms with Gasteiger partial charge in [-0.1, -0.05) is 29.8 Å². The highest BCUT2D eigenvalue weighted by atomic mass is 19.4. The first kappa shape index (κ1) is 15.4. The third-order valence-corrected chi connectivity index (χ3v) is 3.92. The Morgan fingerprint density at radius 2 is 2.00 bits per heavy atom. The Morgan fingerprint density at radius 1 is 1.35 bits per heavy atom. The lowest BCUT2D eigenvalue weighted by Crippen LogP contribution is -2.35. The van der Waals surface area contributed by atoms with E-state index in [9.17, 15) is 18.0 Å². The first-order valence-corrected chi connectivity index (χ1v) is 7.05. The van der Waals surface area contributed by atoms with Crippen LogP contribution in [0.1, 0.15) is 40.1 Å². The molecule has 0 bridgehead atoms. The van der Waals surface area contributed by atoms with Crippen LogP contribution in [0.15, 0.2) is 30.3 Å². The van der Waals surface area contributed by atoms with Crippen molar-refractivity contribution < 1.29 is 18.0 Å². The molecule has 122 valence electrons. The van der Waals surface area contributed by atoms with Gasteiger partial charge in [-0.05, 0) is 12.5 Å². The second-order valence-corrected chi connectivity index (χ2v) is 5.62. The smallest absolute Gasteiger partial charge is 0.364 e. The number of hydrogen-bond acceptors (Lipinski definition) is 3. The van der Waals surface area contributed by atoms with Crippen molar-refractivity contribution in [3.05, 3.63) is 47.2 Å². The molecular weight excluding hydrogens is 309 g/mol. The number of primary amides is 1. The van der Waals surface area contributed by atoms with Gasteiger partial charge in [-0.2, -0.15) is 18.3 Å². The van der Waals surface area contributed by atoms with Gasteiger partial charge in [0.15, 0.2) is 11.7 Å². The number of carbonyl (C=O) groups excluding carboxylic acids is 1. The summed E-state index contributed by atoms with van der Waals surface area (Å²) in [4.78, 5) is 11.2. The number of carbonyl (C=O) groups is 1. The molecule has 1 aliphatic heterocycles. The number of anilines is 1. The van der Waals surface area contributed by atoms with Gasteiger partial charge in [0, 0.05) is 12.5 Å². The van der Waals surface area contributed by atoms with E-state index in [2.05, 4.69) is 10.4 Å². The van der Waals surface area contributed by atoms with E-state index in [1.165, 1.54) is 6.07 Å². The molecule has 2 aromatic rings. The fourth-order valence-corrected chi connectivity index (χ4v) is 2.71. The Kier molecular flexibility index (Phi) is 3.54. The van der Waals surface area contributed by atoms with Gasteiger partial charge in [-0.15, -0.1) is 0 Å². The molecule has 1 aromatic carbocycles. The SMILES string of the molecule is Cc1ccc(C2CC(C(F)(F)F)n3nc(C(N)=O)cc3N2)cc1. The van der Waals surface area contributed by atoms with Crippen LogP contribution in [0.5, 0.6) is 0 Å². The van der Waals surface area contributed by atoms with E-state index >= 15 is 0 Å². The van der Waals surface area contributed by atoms with Crippen molar-refractivity contribution in [2.45, 2.75) is 31.6 Å². The number of rotatable bonds is 2. The summed E-state index contributed by atoms with van der Waals surface area (Å²) < 4.78 is 40.9. The molecule has 0 saturated carbocycles. The van der Waals surface area contributed by atoms with Gasteiger partial charge in [-0.3, -0.25) is 4.79 Å². The standard InChI is InChI=1S/C15H15F3N4O/c1-8-2-4-9(5-3-8)10-6-12(15(16,17)18)22-13(20-10)7-11(21-22)14(19)23/h2-5,7,10,12,20H,6H2,1H3,(H2,19,23). The minimum Gasteiger partial charge on any atom is -0.364 e. The Morgan fingerprint density at radius 3 is 2.57 bits per heavy atom. The summed E-state index contributed by atoms with van der Waals surface area (Å²) in [5.41, 5.74) is 6.70. The van der Waals surface area contributed by atoms with Crippen molar-refractivity contribution in [2.24, 2.45) is 5.73 Å². The Labute approximate surface area is 130 Å². The number of benzene rings is 1. The molecule has 2 heterocycles. The lowest BCUT2D eigenvalue weighted by Gasteiger charge is -2.33. The molecule has 1 aliphatic rings. The van der Waals surface area contributed by atoms with E-state index in [-0.39, 0.29) is 17.9 Å². The highest BCUT2D eigenvalue weighted by molar-refractivity contribution is 5.91. The quantitative estimate of drug-likeness (QED) is 0.892. The average molecular weight is 324 g/mol. The number of nitrogens with one attached hydrogen (secondary N) is 1. The number of halogens is 3. The second kappa shape index (κ2) is 5.29. The van der Waals surface area contributed by atoms with Crippen LogP contribution in [0.3, 0.4) is 0 Å². The molecule has 8 heteroatoms. The number of nitrogens with two attached hydrogens (primary N) is 1. The average Bonchev–Trinajstić information content (AvgIpc) is 2.90. The maximum absolute atomic E-state index is 13.4. The van der Waals surface area contributed by atoms with Gasteiger partial charge in [0.1, 0.15) is 5.82 Å². The fourth-order valence-electron chi connectivity index (χ4n) is 2.71. The van der Waals surface area contributed by atoms with Crippen LogP contribution in [0.4, 0.5) is 19.0 Å². The summed E-state index contributed by atoms with van der Waals surface area (Å²) in [5.74, 6) is -0.723. The van der Waals surface area contributed by atoms with Crippen LogP contribution in [0.2, 0.25) is 0 Å². The third kappa shape index (κ3) is 2.88. The first-order valence-electron chi connectivity index (χ1n) is 7.05. The molecular formula is C15H15F3N4O. The van der Waals surface area contributed by atoms with Crippen molar-refractivity contribution in [1.82, 2.24) is 9.78 Å². The summed E-state index contributed by atoms with van der Waals surface area (Å²) in [6.07, 6.45) is -4.68. The van der Waals surface area contributed by atoms with Gasteiger partial charge in [0.25, 0.3) is 5.91 Å². The van der Waals surface area contributed by atoms with Crippen LogP contribution in [-0.2, 0) is 0 Å². The molecule has 5 nitrogen and oxygen atoms in total. The lowest BCUT2D eigenvalue weighted by atomic mass is 9.96. The second-order valence-electron chi connectivity index (χ2n) is 5.62. The molecule has 2 atom stereocenters. The van der Waals surface area contributed by atoms with Gasteiger partial charge in [-0.25, -0.2) is 4.68 Å². The van der Waals surface area contributed by atoms with Crippen LogP contribution in [0.25, 0.3) is 0 Å². The number of amides is 1. The molecule has 0 spiro atoms. The summed E-state index contributed by atoms with van der Waals surface area (Å²) in [5, 5.41) is 6.70. The number of aryl methyl sites for hydroxylation is 1. The van der Waals surface area contributed by atoms with Gasteiger partial charge < -0.3 is 11.1 Å². The van der Waals surface area contributed by atoms with Crippen molar-refractivity contribution in [3.8, 4) is 0 Å². The van der Waals surface area contributed by atoms with Crippen molar-refractivity contribution in [2.75, 3.05) is 5.32 Å². The van der Waals surface area contributed by atoms with E-state index < -0.39 is 24.2 Å². The molecule has 0 radical (unpaired) electrons. The summed E-state index contributed by atoms with van der Waals surface area (Å²) >= 11 is 0. The molecule has 0 saturated heterocycles. The predicted octanol–water partition coefficient (Wildman–Crippen LogP) is 2.95. The van der Waals surface area contributed by atoms with Gasteiger partial charge >= 0.3 is 6.18 Å². The molecule has 3 rings (SSSR count). The zero-order valence-corrected chi connectivity index (χ0v) is 12.3. The van der Waals surface area contributed by atoms with Crippen LogP contribution in [0, 0.1) is 6.92 Å². The maximum atomic E-state index is 13.4. The normalized spacial score (nSPS) is 20.7. The number of alkyl halides is 3. The number of aromatic nitrogens is 2. The highest BCUT2D eigenvalue weighted by Crippen LogP contribution is 2.43. The Balaban J connectivity index is 2.01.